The number of methoxy groups -OCH3 is 1. The molecule has 0 spiro atoms. The van der Waals surface area contributed by atoms with Gasteiger partial charge in [0, 0.05) is 14.2 Å². The van der Waals surface area contributed by atoms with Crippen LogP contribution in [-0.4, -0.2) is 88.2 Å². The van der Waals surface area contributed by atoms with Crippen LogP contribution in [0.3, 0.4) is 0 Å². The Balaban J connectivity index is 2.30. The Morgan fingerprint density at radius 2 is 1.92 bits per heavy atom. The van der Waals surface area contributed by atoms with E-state index < -0.39 is 32.4 Å². The quantitative estimate of drug-likeness (QED) is 0.426. The first-order valence-electron chi connectivity index (χ1n) is 7.89. The van der Waals surface area contributed by atoms with Gasteiger partial charge in [0.15, 0.2) is 5.79 Å². The predicted molar refractivity (Wildman–Crippen MR) is 86.1 cm³/mol. The van der Waals surface area contributed by atoms with Crippen molar-refractivity contribution < 1.29 is 47.3 Å². The molecular formula is C14H29O10P. The van der Waals surface area contributed by atoms with Gasteiger partial charge in [0.2, 0.25) is 0 Å². The fourth-order valence-corrected chi connectivity index (χ4v) is 2.90. The zero-order valence-corrected chi connectivity index (χ0v) is 16.0. The molecule has 1 aliphatic heterocycles. The summed E-state index contributed by atoms with van der Waals surface area (Å²) in [5.41, 5.74) is 0. The maximum absolute atomic E-state index is 12.2. The first kappa shape index (κ1) is 22.9. The van der Waals surface area contributed by atoms with E-state index in [4.69, 9.17) is 37.6 Å². The van der Waals surface area contributed by atoms with Gasteiger partial charge >= 0.3 is 7.82 Å². The van der Waals surface area contributed by atoms with Crippen LogP contribution in [0, 0.1) is 0 Å². The Kier molecular flexibility index (Phi) is 9.97. The number of hydrogen-bond donors (Lipinski definition) is 2. The molecule has 1 aliphatic rings. The highest BCUT2D eigenvalue weighted by atomic mass is 31.2. The number of aliphatic hydroxyl groups excluding tert-OH is 2. The highest BCUT2D eigenvalue weighted by Gasteiger charge is 2.33. The van der Waals surface area contributed by atoms with Crippen LogP contribution in [-0.2, 0) is 37.1 Å². The van der Waals surface area contributed by atoms with Crippen LogP contribution in [0.1, 0.15) is 13.8 Å². The molecule has 4 unspecified atom stereocenters. The number of aliphatic hydroxyl groups is 2. The third-order valence-electron chi connectivity index (χ3n) is 3.29. The summed E-state index contributed by atoms with van der Waals surface area (Å²) in [6.07, 6.45) is -1.85. The van der Waals surface area contributed by atoms with Gasteiger partial charge in [-0.3, -0.25) is 13.6 Å². The van der Waals surface area contributed by atoms with Crippen molar-refractivity contribution in [1.82, 2.24) is 0 Å². The number of phosphoric ester groups is 1. The Morgan fingerprint density at radius 1 is 1.24 bits per heavy atom. The molecule has 0 aliphatic carbocycles. The third kappa shape index (κ3) is 8.87. The molecule has 1 fully saturated rings. The lowest BCUT2D eigenvalue weighted by Crippen LogP contribution is -2.29. The average Bonchev–Trinajstić information content (AvgIpc) is 2.94. The van der Waals surface area contributed by atoms with Crippen molar-refractivity contribution in [1.29, 1.82) is 0 Å². The monoisotopic (exact) mass is 388 g/mol. The molecule has 0 radical (unpaired) electrons. The van der Waals surface area contributed by atoms with Crippen LogP contribution < -0.4 is 0 Å². The molecule has 10 nitrogen and oxygen atoms in total. The van der Waals surface area contributed by atoms with Gasteiger partial charge in [0.05, 0.1) is 39.6 Å². The van der Waals surface area contributed by atoms with Crippen LogP contribution in [0.25, 0.3) is 0 Å². The fraction of sp³-hybridized carbons (Fsp3) is 1.00. The Bertz CT molecular complexity index is 418. The molecule has 1 rings (SSSR count). The largest absolute Gasteiger partial charge is 0.474 e. The van der Waals surface area contributed by atoms with E-state index in [1.54, 1.807) is 0 Å². The summed E-state index contributed by atoms with van der Waals surface area (Å²) in [5.74, 6) is -0.612. The van der Waals surface area contributed by atoms with Gasteiger partial charge < -0.3 is 29.2 Å². The summed E-state index contributed by atoms with van der Waals surface area (Å²) in [5, 5.41) is 17.9. The van der Waals surface area contributed by atoms with Gasteiger partial charge in [0.25, 0.3) is 0 Å². The van der Waals surface area contributed by atoms with Gasteiger partial charge in [-0.05, 0) is 13.8 Å². The van der Waals surface area contributed by atoms with Crippen molar-refractivity contribution in [2.75, 3.05) is 53.9 Å². The Morgan fingerprint density at radius 3 is 2.44 bits per heavy atom. The fourth-order valence-electron chi connectivity index (χ4n) is 1.91. The zero-order valence-electron chi connectivity index (χ0n) is 15.1. The first-order valence-corrected chi connectivity index (χ1v) is 9.35. The minimum absolute atomic E-state index is 0.107. The molecular weight excluding hydrogens is 359 g/mol. The standard InChI is InChI=1S/C14H29O10P/c1-14(2)21-9-13(24-14)8-20-7-12(18-3)10-23-25(17,19-4)22-6-11(16)5-15/h11-13,15-16H,5-10H2,1-4H3. The van der Waals surface area contributed by atoms with Crippen LogP contribution in [0.5, 0.6) is 0 Å². The highest BCUT2D eigenvalue weighted by Crippen LogP contribution is 2.48. The summed E-state index contributed by atoms with van der Waals surface area (Å²) < 4.78 is 48.7. The lowest BCUT2D eigenvalue weighted by atomic mass is 10.4. The molecule has 4 atom stereocenters. The van der Waals surface area contributed by atoms with Crippen molar-refractivity contribution in [3.8, 4) is 0 Å². The summed E-state index contributed by atoms with van der Waals surface area (Å²) >= 11 is 0. The molecule has 0 aromatic heterocycles. The van der Waals surface area contributed by atoms with Gasteiger partial charge in [-0.15, -0.1) is 0 Å². The molecule has 11 heteroatoms. The summed E-state index contributed by atoms with van der Waals surface area (Å²) in [4.78, 5) is 0. The smallest absolute Gasteiger partial charge is 0.394 e. The molecule has 25 heavy (non-hydrogen) atoms. The van der Waals surface area contributed by atoms with E-state index in [-0.39, 0.29) is 25.9 Å². The lowest BCUT2D eigenvalue weighted by Gasteiger charge is -2.21. The van der Waals surface area contributed by atoms with Crippen LogP contribution in [0.2, 0.25) is 0 Å². The SMILES string of the molecule is COC(COCC1COC(C)(C)O1)COP(=O)(OC)OCC(O)CO. The molecule has 150 valence electrons. The minimum Gasteiger partial charge on any atom is -0.394 e. The predicted octanol–water partition coefficient (Wildman–Crippen LogP) is 0.310. The topological polar surface area (TPSA) is 122 Å². The van der Waals surface area contributed by atoms with E-state index in [9.17, 15) is 9.67 Å². The summed E-state index contributed by atoms with van der Waals surface area (Å²) in [7, 11) is -1.24. The van der Waals surface area contributed by atoms with Crippen molar-refractivity contribution in [3.05, 3.63) is 0 Å². The molecule has 0 bridgehead atoms. The number of phosphoric acid groups is 1. The third-order valence-corrected chi connectivity index (χ3v) is 4.66. The second kappa shape index (κ2) is 10.9. The van der Waals surface area contributed by atoms with Crippen molar-refractivity contribution >= 4 is 7.82 Å². The maximum Gasteiger partial charge on any atom is 0.474 e. The number of hydrogen-bond acceptors (Lipinski definition) is 10. The van der Waals surface area contributed by atoms with E-state index in [1.807, 2.05) is 13.8 Å². The second-order valence-electron chi connectivity index (χ2n) is 5.90. The maximum atomic E-state index is 12.2. The first-order chi connectivity index (χ1) is 11.7. The summed E-state index contributed by atoms with van der Waals surface area (Å²) in [6, 6.07) is 0. The van der Waals surface area contributed by atoms with Crippen molar-refractivity contribution in [2.45, 2.75) is 37.9 Å². The van der Waals surface area contributed by atoms with E-state index in [2.05, 4.69) is 0 Å². The normalized spacial score (nSPS) is 24.8. The molecule has 0 aromatic rings. The van der Waals surface area contributed by atoms with E-state index >= 15 is 0 Å². The Hall–Kier alpha value is -0.130. The van der Waals surface area contributed by atoms with Gasteiger partial charge in [-0.2, -0.15) is 0 Å². The highest BCUT2D eigenvalue weighted by molar-refractivity contribution is 7.48. The van der Waals surface area contributed by atoms with E-state index in [0.29, 0.717) is 13.2 Å². The van der Waals surface area contributed by atoms with E-state index in [0.717, 1.165) is 7.11 Å². The minimum atomic E-state index is -3.86. The molecule has 2 N–H and O–H groups in total. The van der Waals surface area contributed by atoms with E-state index in [1.165, 1.54) is 7.11 Å². The zero-order chi connectivity index (χ0) is 18.9. The van der Waals surface area contributed by atoms with Gasteiger partial charge in [0.1, 0.15) is 18.3 Å². The molecule has 0 aromatic carbocycles. The number of rotatable bonds is 13. The number of ether oxygens (including phenoxy) is 4. The summed E-state index contributed by atoms with van der Waals surface area (Å²) in [6.45, 7) is 3.59. The van der Waals surface area contributed by atoms with Gasteiger partial charge in [-0.1, -0.05) is 0 Å². The van der Waals surface area contributed by atoms with Crippen molar-refractivity contribution in [2.24, 2.45) is 0 Å². The van der Waals surface area contributed by atoms with Gasteiger partial charge in [-0.25, -0.2) is 4.57 Å². The Labute approximate surface area is 147 Å². The molecule has 0 saturated carbocycles. The second-order valence-corrected chi connectivity index (χ2v) is 7.68. The average molecular weight is 388 g/mol. The molecule has 0 amide bonds. The van der Waals surface area contributed by atoms with Crippen LogP contribution >= 0.6 is 7.82 Å². The van der Waals surface area contributed by atoms with Crippen LogP contribution in [0.4, 0.5) is 0 Å². The molecule has 1 heterocycles. The lowest BCUT2D eigenvalue weighted by molar-refractivity contribution is -0.147. The molecule has 1 saturated heterocycles. The van der Waals surface area contributed by atoms with Crippen molar-refractivity contribution in [3.63, 3.8) is 0 Å². The van der Waals surface area contributed by atoms with Crippen LogP contribution in [0.15, 0.2) is 0 Å².